The van der Waals surface area contributed by atoms with Crippen LogP contribution in [0.25, 0.3) is 0 Å². The Kier molecular flexibility index (Phi) is 4.23. The van der Waals surface area contributed by atoms with Gasteiger partial charge in [0.05, 0.1) is 23.8 Å². The number of hydrogen-bond donors (Lipinski definition) is 1. The maximum Gasteiger partial charge on any atom is 0.154 e. The molecule has 1 aliphatic carbocycles. The third-order valence-electron chi connectivity index (χ3n) is 3.25. The minimum Gasteiger partial charge on any atom is -0.468 e. The Labute approximate surface area is 102 Å². The van der Waals surface area contributed by atoms with E-state index in [1.807, 2.05) is 12.1 Å². The maximum atomic E-state index is 11.9. The van der Waals surface area contributed by atoms with Crippen molar-refractivity contribution in [2.24, 2.45) is 0 Å². The third kappa shape index (κ3) is 3.57. The van der Waals surface area contributed by atoms with E-state index < -0.39 is 9.84 Å². The van der Waals surface area contributed by atoms with E-state index in [4.69, 9.17) is 4.42 Å². The van der Waals surface area contributed by atoms with Crippen LogP contribution in [0.3, 0.4) is 0 Å². The second-order valence-electron chi connectivity index (χ2n) is 4.53. The fraction of sp³-hybridized carbons (Fsp3) is 0.667. The van der Waals surface area contributed by atoms with Crippen LogP contribution in [-0.4, -0.2) is 26.0 Å². The fourth-order valence-electron chi connectivity index (χ4n) is 2.25. The summed E-state index contributed by atoms with van der Waals surface area (Å²) in [4.78, 5) is 0. The van der Waals surface area contributed by atoms with E-state index in [0.29, 0.717) is 13.1 Å². The molecule has 0 atom stereocenters. The second-order valence-corrected chi connectivity index (χ2v) is 6.93. The SMILES string of the molecule is O=S(=O)(CCNCc1ccco1)C1CCCC1. The molecule has 0 aromatic carbocycles. The molecular weight excluding hydrogens is 238 g/mol. The first-order valence-electron chi connectivity index (χ1n) is 6.13. The van der Waals surface area contributed by atoms with Gasteiger partial charge < -0.3 is 9.73 Å². The minimum absolute atomic E-state index is 0.0899. The zero-order valence-electron chi connectivity index (χ0n) is 9.89. The van der Waals surface area contributed by atoms with Gasteiger partial charge in [0.15, 0.2) is 9.84 Å². The number of sulfone groups is 1. The smallest absolute Gasteiger partial charge is 0.154 e. The van der Waals surface area contributed by atoms with Gasteiger partial charge in [-0.15, -0.1) is 0 Å². The van der Waals surface area contributed by atoms with Gasteiger partial charge in [0.1, 0.15) is 5.76 Å². The van der Waals surface area contributed by atoms with Crippen LogP contribution in [0.5, 0.6) is 0 Å². The molecule has 1 N–H and O–H groups in total. The van der Waals surface area contributed by atoms with Crippen molar-refractivity contribution in [3.8, 4) is 0 Å². The molecule has 1 aromatic heterocycles. The molecule has 0 saturated heterocycles. The van der Waals surface area contributed by atoms with Crippen molar-refractivity contribution in [2.75, 3.05) is 12.3 Å². The first-order chi connectivity index (χ1) is 8.18. The standard InChI is InChI=1S/C12H19NO3S/c14-17(15,12-5-1-2-6-12)9-7-13-10-11-4-3-8-16-11/h3-4,8,12-13H,1-2,5-7,9-10H2. The van der Waals surface area contributed by atoms with Crippen LogP contribution in [0.1, 0.15) is 31.4 Å². The lowest BCUT2D eigenvalue weighted by atomic mass is 10.4. The van der Waals surface area contributed by atoms with Gasteiger partial charge in [0.2, 0.25) is 0 Å². The quantitative estimate of drug-likeness (QED) is 0.788. The molecule has 1 aliphatic rings. The van der Waals surface area contributed by atoms with E-state index in [9.17, 15) is 8.42 Å². The minimum atomic E-state index is -2.89. The molecule has 5 heteroatoms. The van der Waals surface area contributed by atoms with Gasteiger partial charge in [-0.1, -0.05) is 12.8 Å². The van der Waals surface area contributed by atoms with Crippen molar-refractivity contribution in [3.05, 3.63) is 24.2 Å². The molecule has 1 heterocycles. The summed E-state index contributed by atoms with van der Waals surface area (Å²) in [6, 6.07) is 3.70. The highest BCUT2D eigenvalue weighted by Gasteiger charge is 2.27. The summed E-state index contributed by atoms with van der Waals surface area (Å²) < 4.78 is 29.0. The molecule has 1 aromatic rings. The first-order valence-corrected chi connectivity index (χ1v) is 7.85. The Morgan fingerprint density at radius 2 is 2.12 bits per heavy atom. The molecule has 2 rings (SSSR count). The summed E-state index contributed by atoms with van der Waals surface area (Å²) >= 11 is 0. The average molecular weight is 257 g/mol. The topological polar surface area (TPSA) is 59.3 Å². The molecule has 1 fully saturated rings. The summed E-state index contributed by atoms with van der Waals surface area (Å²) in [5.74, 6) is 1.07. The van der Waals surface area contributed by atoms with Crippen LogP contribution in [0, 0.1) is 0 Å². The first kappa shape index (κ1) is 12.6. The van der Waals surface area contributed by atoms with Gasteiger partial charge in [-0.05, 0) is 25.0 Å². The predicted octanol–water partition coefficient (Wildman–Crippen LogP) is 1.73. The molecule has 17 heavy (non-hydrogen) atoms. The van der Waals surface area contributed by atoms with E-state index >= 15 is 0 Å². The van der Waals surface area contributed by atoms with Crippen molar-refractivity contribution < 1.29 is 12.8 Å². The number of hydrogen-bond acceptors (Lipinski definition) is 4. The van der Waals surface area contributed by atoms with E-state index in [-0.39, 0.29) is 11.0 Å². The van der Waals surface area contributed by atoms with E-state index in [2.05, 4.69) is 5.32 Å². The lowest BCUT2D eigenvalue weighted by molar-refractivity contribution is 0.486. The summed E-state index contributed by atoms with van der Waals surface area (Å²) in [7, 11) is -2.89. The predicted molar refractivity (Wildman–Crippen MR) is 66.5 cm³/mol. The zero-order chi connectivity index (χ0) is 12.1. The molecular formula is C12H19NO3S. The Bertz CT molecular complexity index is 419. The van der Waals surface area contributed by atoms with Gasteiger partial charge in [-0.3, -0.25) is 0 Å². The Hall–Kier alpha value is -0.810. The molecule has 96 valence electrons. The van der Waals surface area contributed by atoms with Crippen LogP contribution >= 0.6 is 0 Å². The van der Waals surface area contributed by atoms with Gasteiger partial charge in [-0.25, -0.2) is 8.42 Å². The van der Waals surface area contributed by atoms with Crippen LogP contribution in [0.15, 0.2) is 22.8 Å². The molecule has 0 bridgehead atoms. The van der Waals surface area contributed by atoms with Crippen LogP contribution in [-0.2, 0) is 16.4 Å². The number of rotatable bonds is 6. The van der Waals surface area contributed by atoms with E-state index in [1.54, 1.807) is 6.26 Å². The Morgan fingerprint density at radius 1 is 1.35 bits per heavy atom. The molecule has 1 saturated carbocycles. The van der Waals surface area contributed by atoms with Gasteiger partial charge in [0, 0.05) is 6.54 Å². The number of nitrogens with one attached hydrogen (secondary N) is 1. The maximum absolute atomic E-state index is 11.9. The highest BCUT2D eigenvalue weighted by atomic mass is 32.2. The summed E-state index contributed by atoms with van der Waals surface area (Å²) in [6.07, 6.45) is 5.43. The van der Waals surface area contributed by atoms with Crippen molar-refractivity contribution in [3.63, 3.8) is 0 Å². The largest absolute Gasteiger partial charge is 0.468 e. The van der Waals surface area contributed by atoms with E-state index in [1.165, 1.54) is 0 Å². The number of furan rings is 1. The van der Waals surface area contributed by atoms with E-state index in [0.717, 1.165) is 31.4 Å². The van der Waals surface area contributed by atoms with Gasteiger partial charge in [0.25, 0.3) is 0 Å². The molecule has 0 amide bonds. The fourth-order valence-corrected chi connectivity index (χ4v) is 4.07. The Morgan fingerprint density at radius 3 is 2.76 bits per heavy atom. The van der Waals surface area contributed by atoms with Crippen LogP contribution < -0.4 is 5.32 Å². The van der Waals surface area contributed by atoms with Crippen molar-refractivity contribution in [2.45, 2.75) is 37.5 Å². The summed E-state index contributed by atoms with van der Waals surface area (Å²) in [5.41, 5.74) is 0. The molecule has 0 radical (unpaired) electrons. The lowest BCUT2D eigenvalue weighted by Crippen LogP contribution is -2.28. The normalized spacial score (nSPS) is 17.6. The van der Waals surface area contributed by atoms with Crippen molar-refractivity contribution in [1.29, 1.82) is 0 Å². The molecule has 0 aliphatic heterocycles. The van der Waals surface area contributed by atoms with Gasteiger partial charge >= 0.3 is 0 Å². The highest BCUT2D eigenvalue weighted by molar-refractivity contribution is 7.92. The highest BCUT2D eigenvalue weighted by Crippen LogP contribution is 2.24. The van der Waals surface area contributed by atoms with Crippen LogP contribution in [0.2, 0.25) is 0 Å². The monoisotopic (exact) mass is 257 g/mol. The average Bonchev–Trinajstić information content (AvgIpc) is 2.97. The van der Waals surface area contributed by atoms with Crippen molar-refractivity contribution >= 4 is 9.84 Å². The van der Waals surface area contributed by atoms with Gasteiger partial charge in [-0.2, -0.15) is 0 Å². The second kappa shape index (κ2) is 5.69. The zero-order valence-corrected chi connectivity index (χ0v) is 10.7. The molecule has 0 spiro atoms. The molecule has 4 nitrogen and oxygen atoms in total. The third-order valence-corrected chi connectivity index (χ3v) is 5.51. The van der Waals surface area contributed by atoms with Crippen molar-refractivity contribution in [1.82, 2.24) is 5.32 Å². The van der Waals surface area contributed by atoms with Crippen LogP contribution in [0.4, 0.5) is 0 Å². The molecule has 0 unspecified atom stereocenters. The summed E-state index contributed by atoms with van der Waals surface area (Å²) in [6.45, 7) is 1.09. The Balaban J connectivity index is 1.70. The summed E-state index contributed by atoms with van der Waals surface area (Å²) in [5, 5.41) is 3.00. The lowest BCUT2D eigenvalue weighted by Gasteiger charge is -2.10.